The molecule has 0 spiro atoms. The van der Waals surface area contributed by atoms with Gasteiger partial charge in [0.05, 0.1) is 18.4 Å². The second-order valence-corrected chi connectivity index (χ2v) is 5.62. The molecule has 2 heterocycles. The van der Waals surface area contributed by atoms with Crippen LogP contribution < -0.4 is 16.4 Å². The summed E-state index contributed by atoms with van der Waals surface area (Å²) in [6, 6.07) is 1.99. The number of nitrogen functional groups attached to an aromatic ring is 1. The lowest BCUT2D eigenvalue weighted by Crippen LogP contribution is -2.37. The van der Waals surface area contributed by atoms with Gasteiger partial charge in [0.2, 0.25) is 5.91 Å². The number of carbonyl (C=O) groups is 2. The first-order chi connectivity index (χ1) is 9.65. The Kier molecular flexibility index (Phi) is 3.23. The van der Waals surface area contributed by atoms with Crippen molar-refractivity contribution in [3.05, 3.63) is 17.1 Å². The molecule has 0 saturated heterocycles. The predicted octanol–water partition coefficient (Wildman–Crippen LogP) is 0.282. The van der Waals surface area contributed by atoms with E-state index in [4.69, 9.17) is 5.73 Å². The zero-order valence-electron chi connectivity index (χ0n) is 10.5. The van der Waals surface area contributed by atoms with Gasteiger partial charge in [0.1, 0.15) is 9.71 Å². The number of hydrogen-bond acceptors (Lipinski definition) is 6. The van der Waals surface area contributed by atoms with Crippen molar-refractivity contribution >= 4 is 39.1 Å². The Morgan fingerprint density at radius 3 is 2.95 bits per heavy atom. The summed E-state index contributed by atoms with van der Waals surface area (Å²) in [5, 5.41) is 13.7. The summed E-state index contributed by atoms with van der Waals surface area (Å²) in [5.41, 5.74) is 6.29. The third-order valence-corrected chi connectivity index (χ3v) is 4.08. The largest absolute Gasteiger partial charge is 0.397 e. The fourth-order valence-electron chi connectivity index (χ4n) is 1.79. The summed E-state index contributed by atoms with van der Waals surface area (Å²) >= 11 is 1.17. The first-order valence-electron chi connectivity index (χ1n) is 6.22. The maximum absolute atomic E-state index is 12.0. The normalized spacial score (nSPS) is 14.2. The standard InChI is InChI=1S/C12H13N5O2S/c13-9-7-3-4-15-17-12(7)20-10(9)11(19)14-5-8(18)16-6-1-2-6/h3-4,6H,1-2,5,13H2,(H,14,19)(H,16,18). The molecule has 2 aromatic heterocycles. The van der Waals surface area contributed by atoms with Gasteiger partial charge in [0.15, 0.2) is 0 Å². The summed E-state index contributed by atoms with van der Waals surface area (Å²) in [6.07, 6.45) is 3.55. The van der Waals surface area contributed by atoms with Gasteiger partial charge in [-0.05, 0) is 18.9 Å². The van der Waals surface area contributed by atoms with E-state index in [1.54, 1.807) is 6.07 Å². The zero-order valence-corrected chi connectivity index (χ0v) is 11.4. The topological polar surface area (TPSA) is 110 Å². The van der Waals surface area contributed by atoms with E-state index < -0.39 is 0 Å². The van der Waals surface area contributed by atoms with E-state index in [1.165, 1.54) is 17.5 Å². The van der Waals surface area contributed by atoms with Gasteiger partial charge in [-0.1, -0.05) is 0 Å². The van der Waals surface area contributed by atoms with E-state index in [0.29, 0.717) is 20.8 Å². The Morgan fingerprint density at radius 1 is 1.45 bits per heavy atom. The number of rotatable bonds is 4. The molecule has 20 heavy (non-hydrogen) atoms. The molecule has 1 aliphatic carbocycles. The smallest absolute Gasteiger partial charge is 0.264 e. The molecule has 1 aliphatic rings. The Balaban J connectivity index is 1.68. The van der Waals surface area contributed by atoms with Crippen LogP contribution in [0.1, 0.15) is 22.5 Å². The van der Waals surface area contributed by atoms with Gasteiger partial charge in [-0.2, -0.15) is 5.10 Å². The molecule has 0 radical (unpaired) electrons. The SMILES string of the molecule is Nc1c(C(=O)NCC(=O)NC2CC2)sc2nnccc12. The minimum atomic E-state index is -0.364. The highest BCUT2D eigenvalue weighted by Crippen LogP contribution is 2.31. The molecule has 2 aromatic rings. The van der Waals surface area contributed by atoms with Gasteiger partial charge in [0.25, 0.3) is 5.91 Å². The summed E-state index contributed by atoms with van der Waals surface area (Å²) in [4.78, 5) is 24.5. The van der Waals surface area contributed by atoms with Crippen molar-refractivity contribution in [2.75, 3.05) is 12.3 Å². The Hall–Kier alpha value is -2.22. The van der Waals surface area contributed by atoms with Gasteiger partial charge >= 0.3 is 0 Å². The number of carbonyl (C=O) groups excluding carboxylic acids is 2. The molecular weight excluding hydrogens is 278 g/mol. The van der Waals surface area contributed by atoms with E-state index in [2.05, 4.69) is 20.8 Å². The highest BCUT2D eigenvalue weighted by Gasteiger charge is 2.23. The fraction of sp³-hybridized carbons (Fsp3) is 0.333. The highest BCUT2D eigenvalue weighted by molar-refractivity contribution is 7.21. The Morgan fingerprint density at radius 2 is 2.25 bits per heavy atom. The predicted molar refractivity (Wildman–Crippen MR) is 75.3 cm³/mol. The van der Waals surface area contributed by atoms with Crippen molar-refractivity contribution in [1.82, 2.24) is 20.8 Å². The van der Waals surface area contributed by atoms with Crippen LogP contribution in [0.15, 0.2) is 12.3 Å². The lowest BCUT2D eigenvalue weighted by atomic mass is 10.3. The maximum Gasteiger partial charge on any atom is 0.264 e. The third kappa shape index (κ3) is 2.55. The molecule has 1 saturated carbocycles. The molecule has 1 fully saturated rings. The van der Waals surface area contributed by atoms with Crippen LogP contribution in [0.2, 0.25) is 0 Å². The summed E-state index contributed by atoms with van der Waals surface area (Å²) < 4.78 is 0. The summed E-state index contributed by atoms with van der Waals surface area (Å²) in [5.74, 6) is -0.545. The van der Waals surface area contributed by atoms with Gasteiger partial charge in [-0.3, -0.25) is 9.59 Å². The maximum atomic E-state index is 12.0. The van der Waals surface area contributed by atoms with E-state index in [9.17, 15) is 9.59 Å². The number of fused-ring (bicyclic) bond motifs is 1. The average molecular weight is 291 g/mol. The molecule has 2 amide bonds. The number of anilines is 1. The molecular formula is C12H13N5O2S. The molecule has 4 N–H and O–H groups in total. The lowest BCUT2D eigenvalue weighted by molar-refractivity contribution is -0.120. The molecule has 3 rings (SSSR count). The molecule has 0 bridgehead atoms. The highest BCUT2D eigenvalue weighted by atomic mass is 32.1. The Bertz CT molecular complexity index is 680. The first kappa shape index (κ1) is 12.8. The van der Waals surface area contributed by atoms with Crippen LogP contribution >= 0.6 is 11.3 Å². The van der Waals surface area contributed by atoms with E-state index in [-0.39, 0.29) is 24.4 Å². The number of thiophene rings is 1. The molecule has 0 aliphatic heterocycles. The fourth-order valence-corrected chi connectivity index (χ4v) is 2.74. The van der Waals surface area contributed by atoms with Crippen molar-refractivity contribution in [2.45, 2.75) is 18.9 Å². The quantitative estimate of drug-likeness (QED) is 0.749. The van der Waals surface area contributed by atoms with Gasteiger partial charge in [-0.15, -0.1) is 16.4 Å². The number of nitrogens with one attached hydrogen (secondary N) is 2. The van der Waals surface area contributed by atoms with Crippen molar-refractivity contribution in [3.8, 4) is 0 Å². The van der Waals surface area contributed by atoms with Crippen molar-refractivity contribution in [1.29, 1.82) is 0 Å². The average Bonchev–Trinajstić information content (AvgIpc) is 3.19. The molecule has 0 unspecified atom stereocenters. The van der Waals surface area contributed by atoms with Crippen LogP contribution in [0, 0.1) is 0 Å². The van der Waals surface area contributed by atoms with E-state index in [1.807, 2.05) is 0 Å². The molecule has 104 valence electrons. The van der Waals surface area contributed by atoms with Crippen molar-refractivity contribution < 1.29 is 9.59 Å². The number of aromatic nitrogens is 2. The lowest BCUT2D eigenvalue weighted by Gasteiger charge is -2.05. The number of hydrogen-bond donors (Lipinski definition) is 3. The van der Waals surface area contributed by atoms with Crippen LogP contribution in [-0.2, 0) is 4.79 Å². The summed E-state index contributed by atoms with van der Waals surface area (Å²) in [6.45, 7) is -0.0469. The molecule has 7 nitrogen and oxygen atoms in total. The first-order valence-corrected chi connectivity index (χ1v) is 7.04. The van der Waals surface area contributed by atoms with Crippen molar-refractivity contribution in [3.63, 3.8) is 0 Å². The van der Waals surface area contributed by atoms with Crippen LogP contribution in [0.25, 0.3) is 10.2 Å². The van der Waals surface area contributed by atoms with Gasteiger partial charge in [0, 0.05) is 11.4 Å². The number of nitrogens with zero attached hydrogens (tertiary/aromatic N) is 2. The van der Waals surface area contributed by atoms with E-state index >= 15 is 0 Å². The molecule has 0 aromatic carbocycles. The summed E-state index contributed by atoms with van der Waals surface area (Å²) in [7, 11) is 0. The second kappa shape index (κ2) is 5.04. The van der Waals surface area contributed by atoms with Crippen LogP contribution in [-0.4, -0.2) is 34.6 Å². The second-order valence-electron chi connectivity index (χ2n) is 4.62. The van der Waals surface area contributed by atoms with Crippen LogP contribution in [0.3, 0.4) is 0 Å². The Labute approximate surface area is 118 Å². The molecule has 0 atom stereocenters. The number of amides is 2. The zero-order chi connectivity index (χ0) is 14.1. The van der Waals surface area contributed by atoms with Gasteiger partial charge < -0.3 is 16.4 Å². The minimum Gasteiger partial charge on any atom is -0.397 e. The molecule has 8 heteroatoms. The van der Waals surface area contributed by atoms with Crippen LogP contribution in [0.4, 0.5) is 5.69 Å². The van der Waals surface area contributed by atoms with E-state index in [0.717, 1.165) is 12.8 Å². The number of nitrogens with two attached hydrogens (primary N) is 1. The minimum absolute atomic E-state index is 0.0469. The van der Waals surface area contributed by atoms with Crippen LogP contribution in [0.5, 0.6) is 0 Å². The van der Waals surface area contributed by atoms with Crippen molar-refractivity contribution in [2.24, 2.45) is 0 Å². The van der Waals surface area contributed by atoms with Gasteiger partial charge in [-0.25, -0.2) is 0 Å². The monoisotopic (exact) mass is 291 g/mol. The third-order valence-electron chi connectivity index (χ3n) is 2.98.